The third-order valence-electron chi connectivity index (χ3n) is 11.5. The highest BCUT2D eigenvalue weighted by molar-refractivity contribution is 5.74. The van der Waals surface area contributed by atoms with Gasteiger partial charge in [-0.1, -0.05) is 41.5 Å². The summed E-state index contributed by atoms with van der Waals surface area (Å²) in [5.74, 6) is 0.948. The Morgan fingerprint density at radius 2 is 1.56 bits per heavy atom. The van der Waals surface area contributed by atoms with Crippen molar-refractivity contribution in [1.29, 1.82) is 0 Å². The monoisotopic (exact) mass is 480 g/mol. The van der Waals surface area contributed by atoms with Gasteiger partial charge >= 0.3 is 5.97 Å². The van der Waals surface area contributed by atoms with Crippen LogP contribution in [0.4, 0.5) is 0 Å². The van der Waals surface area contributed by atoms with Gasteiger partial charge in [-0.3, -0.25) is 4.79 Å². The topological polar surface area (TPSA) is 107 Å². The van der Waals surface area contributed by atoms with Crippen molar-refractivity contribution in [1.82, 2.24) is 0 Å². The number of ether oxygens (including phenoxy) is 1. The predicted octanol–water partition coefficient (Wildman–Crippen LogP) is 3.39. The normalized spacial score (nSPS) is 48.1. The summed E-state index contributed by atoms with van der Waals surface area (Å²) in [6.07, 6.45) is 1.61. The van der Waals surface area contributed by atoms with E-state index in [1.807, 2.05) is 6.92 Å². The lowest BCUT2D eigenvalue weighted by Gasteiger charge is -2.56. The molecule has 3 saturated carbocycles. The number of hydrogen-bond acceptors (Lipinski definition) is 6. The predicted molar refractivity (Wildman–Crippen MR) is 130 cm³/mol. The lowest BCUT2D eigenvalue weighted by molar-refractivity contribution is -0.162. The number of esters is 1. The highest BCUT2D eigenvalue weighted by Gasteiger charge is 2.63. The van der Waals surface area contributed by atoms with Gasteiger partial charge in [-0.05, 0) is 90.8 Å². The molecule has 3 aliphatic carbocycles. The SMILES string of the molecule is CC(C)[C@H](C)[C@H](O)[C@H](O)[C@H](C)[C@@H]1CC[C@@H]2[C@@H]3COC(=O)[C@@H]4C[C@H](O)[C@H](O)C[C@]4(C)[C@@H]3CC[C@]21C. The van der Waals surface area contributed by atoms with Crippen molar-refractivity contribution in [3.8, 4) is 0 Å². The van der Waals surface area contributed by atoms with Crippen LogP contribution in [0, 0.1) is 58.2 Å². The Balaban J connectivity index is 1.58. The molecule has 6 nitrogen and oxygen atoms in total. The Morgan fingerprint density at radius 3 is 2.21 bits per heavy atom. The molecular formula is C28H48O6. The van der Waals surface area contributed by atoms with Crippen LogP contribution in [-0.2, 0) is 9.53 Å². The lowest BCUT2D eigenvalue weighted by Crippen LogP contribution is -2.55. The molecule has 34 heavy (non-hydrogen) atoms. The van der Waals surface area contributed by atoms with Crippen molar-refractivity contribution in [2.24, 2.45) is 58.2 Å². The summed E-state index contributed by atoms with van der Waals surface area (Å²) < 4.78 is 5.86. The largest absolute Gasteiger partial charge is 0.465 e. The van der Waals surface area contributed by atoms with Crippen molar-refractivity contribution in [3.05, 3.63) is 0 Å². The van der Waals surface area contributed by atoms with Crippen LogP contribution in [0.25, 0.3) is 0 Å². The number of carbonyl (C=O) groups is 1. The molecule has 0 unspecified atom stereocenters. The summed E-state index contributed by atoms with van der Waals surface area (Å²) in [6, 6.07) is 0. The summed E-state index contributed by atoms with van der Waals surface area (Å²) >= 11 is 0. The van der Waals surface area contributed by atoms with Crippen LogP contribution in [0.3, 0.4) is 0 Å². The van der Waals surface area contributed by atoms with E-state index >= 15 is 0 Å². The maximum Gasteiger partial charge on any atom is 0.309 e. The number of cyclic esters (lactones) is 1. The van der Waals surface area contributed by atoms with E-state index in [-0.39, 0.29) is 52.8 Å². The molecule has 0 radical (unpaired) electrons. The molecule has 6 heteroatoms. The minimum Gasteiger partial charge on any atom is -0.465 e. The highest BCUT2D eigenvalue weighted by atomic mass is 16.5. The summed E-state index contributed by atoms with van der Waals surface area (Å²) in [4.78, 5) is 13.0. The molecule has 13 atom stereocenters. The molecule has 0 amide bonds. The van der Waals surface area contributed by atoms with E-state index in [0.717, 1.165) is 25.7 Å². The van der Waals surface area contributed by atoms with Crippen LogP contribution < -0.4 is 0 Å². The quantitative estimate of drug-likeness (QED) is 0.450. The summed E-state index contributed by atoms with van der Waals surface area (Å²) in [5, 5.41) is 42.9. The summed E-state index contributed by atoms with van der Waals surface area (Å²) in [5.41, 5.74) is -0.345. The van der Waals surface area contributed by atoms with Gasteiger partial charge in [-0.25, -0.2) is 0 Å². The molecule has 1 aliphatic heterocycles. The van der Waals surface area contributed by atoms with Crippen LogP contribution in [0.2, 0.25) is 0 Å². The number of hydrogen-bond donors (Lipinski definition) is 4. The third-order valence-corrected chi connectivity index (χ3v) is 11.5. The molecule has 4 rings (SSSR count). The highest BCUT2D eigenvalue weighted by Crippen LogP contribution is 2.66. The zero-order chi connectivity index (χ0) is 25.2. The molecule has 0 aromatic carbocycles. The summed E-state index contributed by atoms with van der Waals surface area (Å²) in [7, 11) is 0. The first-order valence-corrected chi connectivity index (χ1v) is 13.7. The van der Waals surface area contributed by atoms with Gasteiger partial charge in [0.05, 0.1) is 36.9 Å². The van der Waals surface area contributed by atoms with Crippen LogP contribution in [0.5, 0.6) is 0 Å². The van der Waals surface area contributed by atoms with Crippen molar-refractivity contribution < 1.29 is 30.0 Å². The second kappa shape index (κ2) is 9.32. The Labute approximate surface area is 205 Å². The second-order valence-corrected chi connectivity index (χ2v) is 13.3. The molecule has 1 heterocycles. The number of aliphatic hydroxyl groups excluding tert-OH is 4. The maximum absolute atomic E-state index is 13.0. The van der Waals surface area contributed by atoms with Gasteiger partial charge in [0.25, 0.3) is 0 Å². The van der Waals surface area contributed by atoms with Gasteiger partial charge < -0.3 is 25.2 Å². The zero-order valence-electron chi connectivity index (χ0n) is 22.0. The smallest absolute Gasteiger partial charge is 0.309 e. The lowest BCUT2D eigenvalue weighted by atomic mass is 9.48. The minimum absolute atomic E-state index is 0.00827. The summed E-state index contributed by atoms with van der Waals surface area (Å²) in [6.45, 7) is 13.2. The van der Waals surface area contributed by atoms with Gasteiger partial charge in [0.2, 0.25) is 0 Å². The van der Waals surface area contributed by atoms with E-state index in [2.05, 4.69) is 34.6 Å². The Bertz CT molecular complexity index is 755. The van der Waals surface area contributed by atoms with Gasteiger partial charge in [-0.2, -0.15) is 0 Å². The molecule has 4 fully saturated rings. The molecule has 4 N–H and O–H groups in total. The fourth-order valence-corrected chi connectivity index (χ4v) is 8.95. The third kappa shape index (κ3) is 4.05. The van der Waals surface area contributed by atoms with Crippen LogP contribution in [0.1, 0.15) is 80.1 Å². The van der Waals surface area contributed by atoms with E-state index in [9.17, 15) is 25.2 Å². The van der Waals surface area contributed by atoms with Gasteiger partial charge in [0, 0.05) is 0 Å². The van der Waals surface area contributed by atoms with Crippen molar-refractivity contribution >= 4 is 5.97 Å². The molecule has 4 aliphatic rings. The molecule has 0 aromatic heterocycles. The van der Waals surface area contributed by atoms with Crippen LogP contribution >= 0.6 is 0 Å². The van der Waals surface area contributed by atoms with Crippen LogP contribution in [0.15, 0.2) is 0 Å². The van der Waals surface area contributed by atoms with E-state index in [1.165, 1.54) is 0 Å². The molecule has 0 bridgehead atoms. The van der Waals surface area contributed by atoms with Gasteiger partial charge in [-0.15, -0.1) is 0 Å². The Hall–Kier alpha value is -0.690. The fourth-order valence-electron chi connectivity index (χ4n) is 8.95. The van der Waals surface area contributed by atoms with E-state index < -0.39 is 24.4 Å². The van der Waals surface area contributed by atoms with Gasteiger partial charge in [0.15, 0.2) is 0 Å². The number of fused-ring (bicyclic) bond motifs is 5. The first-order valence-electron chi connectivity index (χ1n) is 13.7. The van der Waals surface area contributed by atoms with E-state index in [4.69, 9.17) is 4.74 Å². The number of aliphatic hydroxyl groups is 4. The van der Waals surface area contributed by atoms with Crippen molar-refractivity contribution in [2.45, 2.75) is 104 Å². The van der Waals surface area contributed by atoms with E-state index in [0.29, 0.717) is 30.8 Å². The Kier molecular flexibility index (Phi) is 7.23. The molecule has 0 aromatic rings. The second-order valence-electron chi connectivity index (χ2n) is 13.3. The standard InChI is InChI=1S/C28H48O6/c1-14(2)15(3)24(31)25(32)16(4)18-7-8-19-17-13-34-26(33)21-11-22(29)23(30)12-28(21,6)20(17)9-10-27(18,19)5/h14-25,29-32H,7-13H2,1-6H3/t15-,16+,17-,18-,19+,20+,21-,22-,23+,24-,25+,27-,28+/m0/s1. The Morgan fingerprint density at radius 1 is 0.912 bits per heavy atom. The fraction of sp³-hybridized carbons (Fsp3) is 0.964. The average Bonchev–Trinajstić information content (AvgIpc) is 3.09. The zero-order valence-corrected chi connectivity index (χ0v) is 22.0. The van der Waals surface area contributed by atoms with Crippen molar-refractivity contribution in [3.63, 3.8) is 0 Å². The first kappa shape index (κ1) is 26.4. The molecule has 1 saturated heterocycles. The molecule has 0 spiro atoms. The van der Waals surface area contributed by atoms with E-state index in [1.54, 1.807) is 0 Å². The minimum atomic E-state index is -0.867. The van der Waals surface area contributed by atoms with Gasteiger partial charge in [0.1, 0.15) is 0 Å². The van der Waals surface area contributed by atoms with Crippen LogP contribution in [-0.4, -0.2) is 57.4 Å². The molecular weight excluding hydrogens is 432 g/mol. The number of rotatable bonds is 5. The number of carbonyl (C=O) groups excluding carboxylic acids is 1. The van der Waals surface area contributed by atoms with Crippen molar-refractivity contribution in [2.75, 3.05) is 6.61 Å². The average molecular weight is 481 g/mol. The first-order chi connectivity index (χ1) is 15.8. The molecule has 196 valence electrons. The maximum atomic E-state index is 13.0.